The van der Waals surface area contributed by atoms with Crippen LogP contribution in [0.1, 0.15) is 227 Å². The number of unbranched alkanes of at least 4 members (excludes halogenated alkanes) is 27. The monoisotopic (exact) mass is 1690 g/mol. The smallest absolute Gasteiger partial charge is 0.220 e. The zero-order chi connectivity index (χ0) is 85.7. The molecule has 6 aliphatic heterocycles. The lowest BCUT2D eigenvalue weighted by atomic mass is 9.93. The fourth-order valence-electron chi connectivity index (χ4n) is 15.9. The van der Waals surface area contributed by atoms with E-state index in [0.29, 0.717) is 12.8 Å². The molecule has 0 radical (unpaired) electrons. The predicted octanol–water partition coefficient (Wildman–Crippen LogP) is -1.50. The molecule has 6 aliphatic rings. The van der Waals surface area contributed by atoms with E-state index in [9.17, 15) is 106 Å². The summed E-state index contributed by atoms with van der Waals surface area (Å²) in [6.07, 6.45) is -17.2. The molecule has 32 atom stereocenters. The molecule has 6 fully saturated rings. The summed E-state index contributed by atoms with van der Waals surface area (Å²) in [5.41, 5.74) is 0. The van der Waals surface area contributed by atoms with Crippen molar-refractivity contribution in [1.29, 1.82) is 0 Å². The van der Waals surface area contributed by atoms with E-state index in [-0.39, 0.29) is 12.3 Å². The van der Waals surface area contributed by atoms with Gasteiger partial charge in [-0.1, -0.05) is 193 Å². The summed E-state index contributed by atoms with van der Waals surface area (Å²) in [5.74, 6) is -2.85. The van der Waals surface area contributed by atoms with Gasteiger partial charge in [-0.05, 0) is 19.3 Å². The molecule has 0 aromatic heterocycles. The molecule has 0 saturated carbocycles. The zero-order valence-corrected chi connectivity index (χ0v) is 68.9. The van der Waals surface area contributed by atoms with Crippen LogP contribution in [0.4, 0.5) is 0 Å². The number of nitrogens with one attached hydrogen (secondary N) is 4. The van der Waals surface area contributed by atoms with E-state index in [2.05, 4.69) is 35.1 Å². The average Bonchev–Trinajstić information content (AvgIpc) is 0.763. The summed E-state index contributed by atoms with van der Waals surface area (Å²) >= 11 is 0. The Labute approximate surface area is 687 Å². The van der Waals surface area contributed by atoms with Crippen LogP contribution in [0.15, 0.2) is 12.2 Å². The van der Waals surface area contributed by atoms with Gasteiger partial charge in [0.2, 0.25) is 23.6 Å². The minimum Gasteiger partial charge on any atom is -0.394 e. The molecule has 0 bridgehead atoms. The topological polar surface area (TPSA) is 571 Å². The molecule has 4 amide bonds. The first-order valence-electron chi connectivity index (χ1n) is 43.0. The minimum atomic E-state index is -2.40. The van der Waals surface area contributed by atoms with E-state index in [1.165, 1.54) is 122 Å². The number of hydrogen-bond donors (Lipinski definition) is 21. The van der Waals surface area contributed by atoms with E-state index < -0.39 is 260 Å². The van der Waals surface area contributed by atoms with Crippen LogP contribution in [0, 0.1) is 0 Å². The molecule has 0 aromatic carbocycles. The Morgan fingerprint density at radius 1 is 0.333 bits per heavy atom. The summed E-state index contributed by atoms with van der Waals surface area (Å²) in [5, 5.41) is 202. The van der Waals surface area contributed by atoms with Gasteiger partial charge >= 0.3 is 0 Å². The Kier molecular flexibility index (Phi) is 48.0. The molecule has 37 nitrogen and oxygen atoms in total. The molecule has 6 saturated heterocycles. The van der Waals surface area contributed by atoms with Crippen LogP contribution >= 0.6 is 0 Å². The van der Waals surface area contributed by atoms with Crippen LogP contribution in [0.2, 0.25) is 0 Å². The van der Waals surface area contributed by atoms with Gasteiger partial charge in [-0.3, -0.25) is 19.2 Å². The molecular weight excluding hydrogens is 1540 g/mol. The van der Waals surface area contributed by atoms with Gasteiger partial charge in [0.1, 0.15) is 146 Å². The average molecular weight is 1690 g/mol. The van der Waals surface area contributed by atoms with Crippen LogP contribution in [0.3, 0.4) is 0 Å². The normalized spacial score (nSPS) is 36.1. The van der Waals surface area contributed by atoms with Gasteiger partial charge in [0, 0.05) is 27.2 Å². The third-order valence-electron chi connectivity index (χ3n) is 22.6. The Morgan fingerprint density at radius 2 is 0.650 bits per heavy atom. The fraction of sp³-hybridized carbons (Fsp3) is 0.925. The predicted molar refractivity (Wildman–Crippen MR) is 415 cm³/mol. The summed E-state index contributed by atoms with van der Waals surface area (Å²) in [7, 11) is 0. The van der Waals surface area contributed by atoms with Crippen LogP contribution in [0.5, 0.6) is 0 Å². The van der Waals surface area contributed by atoms with E-state index in [4.69, 9.17) is 56.8 Å². The standard InChI is InChI=1S/C80H144N4O33/c1-6-8-10-12-14-16-18-20-21-22-23-25-27-29-31-33-35-37-56(95)84-48(49(94)36-34-32-30-28-26-24-19-17-15-13-11-9-7-2)44-106-78-67(103)65(101)70(53(41-88)110-78)113-79-68(104)66(102)71(54(42-89)111-79)114-80-69(105)74(72(55(43-90)112-80)115-75-57(81-45(3)91)63(99)60(96)50(38-85)107-75)117-77-59(83-47(5)93)73(62(98)52(40-87)109-77)116-76-58(82-46(4)92)64(100)61(97)51(39-86)108-76/h34,36,48-55,57-80,85-90,94,96-105H,6-33,35,37-44H2,1-5H3,(H,81,91)(H,82,92)(H,83,93)(H,84,95)/b36-34+/t48-,49+,50?,51?,52?,53?,54?,55?,57?,58?,59?,60-,61-,62-,63+,64+,65+,66+,67?,68?,69?,70+,71-,72-,73+,74+,75-,76+,77-,78+,79-,80-/m0/s1. The van der Waals surface area contributed by atoms with Crippen LogP contribution in [-0.2, 0) is 76.0 Å². The van der Waals surface area contributed by atoms with Gasteiger partial charge in [-0.15, -0.1) is 0 Å². The minimum absolute atomic E-state index is 0.168. The molecular formula is C80H144N4O33. The summed E-state index contributed by atoms with van der Waals surface area (Å²) < 4.78 is 72.8. The molecule has 682 valence electrons. The molecule has 6 rings (SSSR count). The molecule has 12 unspecified atom stereocenters. The maximum absolute atomic E-state index is 13.6. The number of aliphatic hydroxyl groups is 17. The Morgan fingerprint density at radius 3 is 1.06 bits per heavy atom. The maximum Gasteiger partial charge on any atom is 0.220 e. The van der Waals surface area contributed by atoms with Crippen molar-refractivity contribution < 1.29 is 163 Å². The van der Waals surface area contributed by atoms with Crippen LogP contribution in [-0.4, -0.2) is 353 Å². The highest BCUT2D eigenvalue weighted by atomic mass is 16.8. The van der Waals surface area contributed by atoms with E-state index in [0.717, 1.165) is 72.1 Å². The lowest BCUT2D eigenvalue weighted by Crippen LogP contribution is -2.72. The summed E-state index contributed by atoms with van der Waals surface area (Å²) in [6.45, 7) is 0.873. The number of allylic oxidation sites excluding steroid dienone is 1. The maximum atomic E-state index is 13.6. The second-order valence-electron chi connectivity index (χ2n) is 32.1. The molecule has 6 heterocycles. The van der Waals surface area contributed by atoms with Crippen LogP contribution < -0.4 is 21.3 Å². The first kappa shape index (κ1) is 102. The number of aliphatic hydroxyl groups excluding tert-OH is 17. The number of rotatable bonds is 55. The van der Waals surface area contributed by atoms with E-state index in [1.807, 2.05) is 6.08 Å². The third-order valence-corrected chi connectivity index (χ3v) is 22.6. The SMILES string of the molecule is CCCCCCCCCCCCC/C=C/[C@@H](O)[C@H](CO[C@@H]1OC(CO)[C@@H](O[C@@H]2OC(CO)[C@H](O[C@@H]3OC(CO)[C@H](O[C@@H]4OC(CO)[C@H](O)[C@H](O)C4NC(C)=O)[C@H](O[C@@H]4OC(CO)[C@H](O)[C@H](O[C@H]5OC(CO)[C@H](O)[C@H](O)C5NC(C)=O)C4NC(C)=O)C3O)[C@H](O)C2O)[C@H](O)C1O)NC(=O)CCCCCCCCCCCCCCCCCCC. The number of carbonyl (C=O) groups excluding carboxylic acids is 4. The van der Waals surface area contributed by atoms with Crippen molar-refractivity contribution in [2.75, 3.05) is 46.2 Å². The number of carbonyl (C=O) groups is 4. The number of hydrogen-bond acceptors (Lipinski definition) is 33. The highest BCUT2D eigenvalue weighted by Gasteiger charge is 2.59. The second kappa shape index (κ2) is 54.9. The molecule has 0 spiro atoms. The van der Waals surface area contributed by atoms with Gasteiger partial charge in [-0.25, -0.2) is 0 Å². The van der Waals surface area contributed by atoms with Gasteiger partial charge in [0.05, 0.1) is 58.4 Å². The zero-order valence-electron chi connectivity index (χ0n) is 68.9. The van der Waals surface area contributed by atoms with E-state index >= 15 is 0 Å². The quantitative estimate of drug-likeness (QED) is 0.0243. The summed E-state index contributed by atoms with van der Waals surface area (Å²) in [4.78, 5) is 51.9. The van der Waals surface area contributed by atoms with Crippen molar-refractivity contribution in [2.24, 2.45) is 0 Å². The van der Waals surface area contributed by atoms with Crippen molar-refractivity contribution in [2.45, 2.75) is 423 Å². The largest absolute Gasteiger partial charge is 0.394 e. The lowest BCUT2D eigenvalue weighted by Gasteiger charge is -2.52. The molecule has 0 aliphatic carbocycles. The highest BCUT2D eigenvalue weighted by Crippen LogP contribution is 2.39. The van der Waals surface area contributed by atoms with Crippen molar-refractivity contribution >= 4 is 23.6 Å². The van der Waals surface area contributed by atoms with Gasteiger partial charge in [0.15, 0.2) is 37.7 Å². The van der Waals surface area contributed by atoms with Gasteiger partial charge in [0.25, 0.3) is 0 Å². The molecule has 117 heavy (non-hydrogen) atoms. The van der Waals surface area contributed by atoms with Gasteiger partial charge in [-0.2, -0.15) is 0 Å². The highest BCUT2D eigenvalue weighted by molar-refractivity contribution is 5.76. The number of ether oxygens (including phenoxy) is 12. The first-order chi connectivity index (χ1) is 56.2. The first-order valence-corrected chi connectivity index (χ1v) is 43.0. The molecule has 37 heteroatoms. The Balaban J connectivity index is 1.16. The lowest BCUT2D eigenvalue weighted by molar-refractivity contribution is -0.398. The molecule has 21 N–H and O–H groups in total. The van der Waals surface area contributed by atoms with Crippen molar-refractivity contribution in [3.8, 4) is 0 Å². The Hall–Kier alpha value is -3.54. The van der Waals surface area contributed by atoms with Crippen LogP contribution in [0.25, 0.3) is 0 Å². The third kappa shape index (κ3) is 31.9. The second-order valence-corrected chi connectivity index (χ2v) is 32.1. The van der Waals surface area contributed by atoms with Gasteiger partial charge < -0.3 is 165 Å². The number of amides is 4. The fourth-order valence-corrected chi connectivity index (χ4v) is 15.9. The van der Waals surface area contributed by atoms with Crippen molar-refractivity contribution in [3.63, 3.8) is 0 Å². The van der Waals surface area contributed by atoms with Crippen molar-refractivity contribution in [1.82, 2.24) is 21.3 Å². The van der Waals surface area contributed by atoms with Crippen molar-refractivity contribution in [3.05, 3.63) is 12.2 Å². The summed E-state index contributed by atoms with van der Waals surface area (Å²) in [6, 6.07) is -6.34. The Bertz CT molecular complexity index is 2760. The molecule has 0 aromatic rings. The van der Waals surface area contributed by atoms with E-state index in [1.54, 1.807) is 6.08 Å².